The second-order valence-electron chi connectivity index (χ2n) is 3.39. The Hall–Kier alpha value is -2.17. The molecule has 0 amide bonds. The predicted octanol–water partition coefficient (Wildman–Crippen LogP) is 1.61. The van der Waals surface area contributed by atoms with Crippen LogP contribution in [0.1, 0.15) is 5.69 Å². The van der Waals surface area contributed by atoms with Crippen LogP contribution in [0.25, 0.3) is 0 Å². The average Bonchev–Trinajstić information content (AvgIpc) is 2.81. The quantitative estimate of drug-likeness (QED) is 0.681. The van der Waals surface area contributed by atoms with Crippen molar-refractivity contribution in [1.82, 2.24) is 10.2 Å². The van der Waals surface area contributed by atoms with E-state index in [9.17, 15) is 0 Å². The highest BCUT2D eigenvalue weighted by Gasteiger charge is 2.01. The molecule has 84 valence electrons. The second-order valence-corrected chi connectivity index (χ2v) is 3.39. The van der Waals surface area contributed by atoms with Crippen LogP contribution in [0.5, 0.6) is 5.75 Å². The summed E-state index contributed by atoms with van der Waals surface area (Å²) in [5, 5.41) is 9.99. The molecule has 0 saturated heterocycles. The molecule has 16 heavy (non-hydrogen) atoms. The summed E-state index contributed by atoms with van der Waals surface area (Å²) in [6.45, 7) is 0.688. The number of H-pyrrole nitrogens is 1. The number of aromatic amines is 1. The van der Waals surface area contributed by atoms with Crippen LogP contribution in [0.15, 0.2) is 30.5 Å². The fourth-order valence-electron chi connectivity index (χ4n) is 1.40. The van der Waals surface area contributed by atoms with Crippen LogP contribution in [-0.4, -0.2) is 17.3 Å². The maximum atomic E-state index is 5.72. The molecular weight excluding hydrogens is 204 g/mol. The minimum Gasteiger partial charge on any atom is -0.495 e. The Morgan fingerprint density at radius 3 is 3.00 bits per heavy atom. The molecule has 2 aromatic rings. The molecule has 1 heterocycles. The number of nitrogen functional groups attached to an aromatic ring is 1. The van der Waals surface area contributed by atoms with Crippen LogP contribution in [0.3, 0.4) is 0 Å². The number of hydrogen-bond acceptors (Lipinski definition) is 4. The SMILES string of the molecule is COc1cc(NCc2ccn[nH]2)ccc1N. The lowest BCUT2D eigenvalue weighted by atomic mass is 10.2. The lowest BCUT2D eigenvalue weighted by Crippen LogP contribution is -2.01. The van der Waals surface area contributed by atoms with Gasteiger partial charge in [0.15, 0.2) is 0 Å². The van der Waals surface area contributed by atoms with Gasteiger partial charge >= 0.3 is 0 Å². The number of aromatic nitrogens is 2. The van der Waals surface area contributed by atoms with Gasteiger partial charge < -0.3 is 15.8 Å². The summed E-state index contributed by atoms with van der Waals surface area (Å²) in [5.41, 5.74) is 8.34. The molecule has 0 atom stereocenters. The van der Waals surface area contributed by atoms with Crippen molar-refractivity contribution in [2.75, 3.05) is 18.2 Å². The molecule has 1 aromatic heterocycles. The summed E-state index contributed by atoms with van der Waals surface area (Å²) in [6, 6.07) is 7.51. The molecule has 0 bridgehead atoms. The number of methoxy groups -OCH3 is 1. The number of benzene rings is 1. The molecule has 5 nitrogen and oxygen atoms in total. The summed E-state index contributed by atoms with van der Waals surface area (Å²) < 4.78 is 5.14. The Labute approximate surface area is 93.6 Å². The lowest BCUT2D eigenvalue weighted by Gasteiger charge is -2.08. The summed E-state index contributed by atoms with van der Waals surface area (Å²) in [4.78, 5) is 0. The van der Waals surface area contributed by atoms with E-state index in [0.29, 0.717) is 18.0 Å². The van der Waals surface area contributed by atoms with Crippen molar-refractivity contribution in [3.63, 3.8) is 0 Å². The number of nitrogens with zero attached hydrogens (tertiary/aromatic N) is 1. The highest BCUT2D eigenvalue weighted by molar-refractivity contribution is 5.61. The van der Waals surface area contributed by atoms with Gasteiger partial charge in [0.2, 0.25) is 0 Å². The van der Waals surface area contributed by atoms with Gasteiger partial charge in [-0.25, -0.2) is 0 Å². The number of hydrogen-bond donors (Lipinski definition) is 3. The van der Waals surface area contributed by atoms with Crippen molar-refractivity contribution < 1.29 is 4.74 Å². The highest BCUT2D eigenvalue weighted by atomic mass is 16.5. The molecule has 0 aliphatic rings. The van der Waals surface area contributed by atoms with E-state index in [-0.39, 0.29) is 0 Å². The molecule has 0 saturated carbocycles. The van der Waals surface area contributed by atoms with Gasteiger partial charge in [0.1, 0.15) is 5.75 Å². The fourth-order valence-corrected chi connectivity index (χ4v) is 1.40. The zero-order chi connectivity index (χ0) is 11.4. The van der Waals surface area contributed by atoms with E-state index in [2.05, 4.69) is 15.5 Å². The van der Waals surface area contributed by atoms with Crippen molar-refractivity contribution in [1.29, 1.82) is 0 Å². The van der Waals surface area contributed by atoms with E-state index in [0.717, 1.165) is 11.4 Å². The van der Waals surface area contributed by atoms with Gasteiger partial charge in [-0.1, -0.05) is 0 Å². The molecular formula is C11H14N4O. The van der Waals surface area contributed by atoms with E-state index >= 15 is 0 Å². The smallest absolute Gasteiger partial charge is 0.143 e. The lowest BCUT2D eigenvalue weighted by molar-refractivity contribution is 0.417. The Kier molecular flexibility index (Phi) is 2.95. The van der Waals surface area contributed by atoms with Crippen LogP contribution in [0.2, 0.25) is 0 Å². The fraction of sp³-hybridized carbons (Fsp3) is 0.182. The summed E-state index contributed by atoms with van der Waals surface area (Å²) >= 11 is 0. The highest BCUT2D eigenvalue weighted by Crippen LogP contribution is 2.25. The van der Waals surface area contributed by atoms with Gasteiger partial charge in [-0.3, -0.25) is 5.10 Å². The van der Waals surface area contributed by atoms with Crippen LogP contribution in [0, 0.1) is 0 Å². The third-order valence-corrected chi connectivity index (χ3v) is 2.27. The number of rotatable bonds is 4. The Balaban J connectivity index is 2.04. The first-order chi connectivity index (χ1) is 7.79. The van der Waals surface area contributed by atoms with Gasteiger partial charge in [-0.05, 0) is 18.2 Å². The molecule has 0 unspecified atom stereocenters. The van der Waals surface area contributed by atoms with Crippen molar-refractivity contribution in [3.8, 4) is 5.75 Å². The number of nitrogens with two attached hydrogens (primary N) is 1. The monoisotopic (exact) mass is 218 g/mol. The van der Waals surface area contributed by atoms with Crippen molar-refractivity contribution in [2.45, 2.75) is 6.54 Å². The van der Waals surface area contributed by atoms with E-state index in [1.165, 1.54) is 0 Å². The third kappa shape index (κ3) is 2.25. The van der Waals surface area contributed by atoms with E-state index in [1.54, 1.807) is 13.3 Å². The minimum absolute atomic E-state index is 0.634. The van der Waals surface area contributed by atoms with Gasteiger partial charge in [0, 0.05) is 18.0 Å². The maximum Gasteiger partial charge on any atom is 0.143 e. The zero-order valence-electron chi connectivity index (χ0n) is 9.03. The molecule has 2 rings (SSSR count). The normalized spacial score (nSPS) is 10.1. The Bertz CT molecular complexity index is 453. The van der Waals surface area contributed by atoms with E-state index < -0.39 is 0 Å². The average molecular weight is 218 g/mol. The zero-order valence-corrected chi connectivity index (χ0v) is 9.03. The first-order valence-corrected chi connectivity index (χ1v) is 4.95. The molecule has 0 fully saturated rings. The number of nitrogens with one attached hydrogen (secondary N) is 2. The molecule has 0 spiro atoms. The first kappa shape index (κ1) is 10.4. The van der Waals surface area contributed by atoms with Gasteiger partial charge in [0.05, 0.1) is 25.0 Å². The largest absolute Gasteiger partial charge is 0.495 e. The summed E-state index contributed by atoms with van der Waals surface area (Å²) in [5.74, 6) is 0.676. The molecule has 0 aliphatic heterocycles. The molecule has 5 heteroatoms. The van der Waals surface area contributed by atoms with Crippen LogP contribution >= 0.6 is 0 Å². The van der Waals surface area contributed by atoms with Crippen LogP contribution in [-0.2, 0) is 6.54 Å². The van der Waals surface area contributed by atoms with Crippen LogP contribution in [0.4, 0.5) is 11.4 Å². The second kappa shape index (κ2) is 4.57. The molecule has 4 N–H and O–H groups in total. The van der Waals surface area contributed by atoms with Crippen molar-refractivity contribution in [3.05, 3.63) is 36.2 Å². The van der Waals surface area contributed by atoms with Gasteiger partial charge in [-0.15, -0.1) is 0 Å². The van der Waals surface area contributed by atoms with Gasteiger partial charge in [-0.2, -0.15) is 5.10 Å². The first-order valence-electron chi connectivity index (χ1n) is 4.95. The number of anilines is 2. The molecule has 0 aliphatic carbocycles. The van der Waals surface area contributed by atoms with Gasteiger partial charge in [0.25, 0.3) is 0 Å². The van der Waals surface area contributed by atoms with E-state index in [1.807, 2.05) is 24.3 Å². The third-order valence-electron chi connectivity index (χ3n) is 2.27. The van der Waals surface area contributed by atoms with Crippen molar-refractivity contribution in [2.24, 2.45) is 0 Å². The maximum absolute atomic E-state index is 5.72. The summed E-state index contributed by atoms with van der Waals surface area (Å²) in [7, 11) is 1.60. The summed E-state index contributed by atoms with van der Waals surface area (Å²) in [6.07, 6.45) is 1.72. The standard InChI is InChI=1S/C11H14N4O/c1-16-11-6-8(2-3-10(11)12)13-7-9-4-5-14-15-9/h2-6,13H,7,12H2,1H3,(H,14,15). The Morgan fingerprint density at radius 2 is 2.31 bits per heavy atom. The predicted molar refractivity (Wildman–Crippen MR) is 63.3 cm³/mol. The minimum atomic E-state index is 0.634. The Morgan fingerprint density at radius 1 is 1.44 bits per heavy atom. The molecule has 0 radical (unpaired) electrons. The topological polar surface area (TPSA) is 76.0 Å². The van der Waals surface area contributed by atoms with E-state index in [4.69, 9.17) is 10.5 Å². The molecule has 1 aromatic carbocycles. The van der Waals surface area contributed by atoms with Crippen LogP contribution < -0.4 is 15.8 Å². The number of ether oxygens (including phenoxy) is 1. The van der Waals surface area contributed by atoms with Crippen molar-refractivity contribution >= 4 is 11.4 Å².